The molecule has 2 N–H and O–H groups in total. The van der Waals surface area contributed by atoms with Gasteiger partial charge in [0.15, 0.2) is 0 Å². The van der Waals surface area contributed by atoms with Crippen molar-refractivity contribution in [3.63, 3.8) is 0 Å². The van der Waals surface area contributed by atoms with Crippen LogP contribution in [-0.2, 0) is 16.0 Å². The van der Waals surface area contributed by atoms with Gasteiger partial charge in [-0.05, 0) is 61.6 Å². The quantitative estimate of drug-likeness (QED) is 0.620. The average Bonchev–Trinajstić information content (AvgIpc) is 2.62. The van der Waals surface area contributed by atoms with Crippen molar-refractivity contribution in [3.05, 3.63) is 59.2 Å². The van der Waals surface area contributed by atoms with Crippen LogP contribution in [-0.4, -0.2) is 32.5 Å². The maximum Gasteiger partial charge on any atom is 0.313 e. The molecule has 0 heterocycles. The fourth-order valence-electron chi connectivity index (χ4n) is 2.59. The van der Waals surface area contributed by atoms with Gasteiger partial charge in [0.05, 0.1) is 0 Å². The Morgan fingerprint density at radius 2 is 1.65 bits per heavy atom. The molecule has 0 saturated carbocycles. The maximum atomic E-state index is 12.0. The van der Waals surface area contributed by atoms with Gasteiger partial charge in [0, 0.05) is 32.0 Å². The lowest BCUT2D eigenvalue weighted by Gasteiger charge is -2.12. The second-order valence-corrected chi connectivity index (χ2v) is 6.69. The summed E-state index contributed by atoms with van der Waals surface area (Å²) in [6, 6.07) is 14.1. The molecule has 0 aliphatic rings. The molecule has 0 saturated heterocycles. The Kier molecular flexibility index (Phi) is 6.78. The van der Waals surface area contributed by atoms with Crippen LogP contribution in [0.1, 0.15) is 23.1 Å². The van der Waals surface area contributed by atoms with Crippen molar-refractivity contribution in [1.82, 2.24) is 5.32 Å². The van der Waals surface area contributed by atoms with Crippen molar-refractivity contribution in [2.75, 3.05) is 30.9 Å². The summed E-state index contributed by atoms with van der Waals surface area (Å²) in [6.07, 6.45) is 1.64. The van der Waals surface area contributed by atoms with Gasteiger partial charge >= 0.3 is 11.8 Å². The van der Waals surface area contributed by atoms with Gasteiger partial charge in [0.1, 0.15) is 0 Å². The van der Waals surface area contributed by atoms with Gasteiger partial charge in [-0.3, -0.25) is 9.59 Å². The van der Waals surface area contributed by atoms with Crippen LogP contribution in [0.2, 0.25) is 0 Å². The number of carbonyl (C=O) groups excluding carboxylic acids is 2. The molecule has 0 aliphatic carbocycles. The third kappa shape index (κ3) is 5.62. The first-order valence-electron chi connectivity index (χ1n) is 8.79. The van der Waals surface area contributed by atoms with Gasteiger partial charge in [-0.2, -0.15) is 0 Å². The molecule has 2 aromatic carbocycles. The van der Waals surface area contributed by atoms with Crippen LogP contribution in [0.5, 0.6) is 0 Å². The molecule has 0 aromatic heterocycles. The van der Waals surface area contributed by atoms with Crippen molar-refractivity contribution >= 4 is 23.2 Å². The van der Waals surface area contributed by atoms with E-state index in [0.717, 1.165) is 29.7 Å². The lowest BCUT2D eigenvalue weighted by molar-refractivity contribution is -0.136. The van der Waals surface area contributed by atoms with Gasteiger partial charge in [0.2, 0.25) is 0 Å². The number of rotatable bonds is 6. The van der Waals surface area contributed by atoms with Crippen LogP contribution in [0.15, 0.2) is 42.5 Å². The monoisotopic (exact) mass is 353 g/mol. The van der Waals surface area contributed by atoms with Crippen molar-refractivity contribution in [2.45, 2.75) is 26.7 Å². The van der Waals surface area contributed by atoms with Gasteiger partial charge in [-0.1, -0.05) is 24.3 Å². The van der Waals surface area contributed by atoms with E-state index in [1.54, 1.807) is 0 Å². The van der Waals surface area contributed by atoms with Crippen LogP contribution in [0.4, 0.5) is 11.4 Å². The lowest BCUT2D eigenvalue weighted by Crippen LogP contribution is -2.36. The molecule has 0 spiro atoms. The molecule has 2 amide bonds. The highest BCUT2D eigenvalue weighted by Gasteiger charge is 2.14. The minimum atomic E-state index is -0.631. The second kappa shape index (κ2) is 9.04. The topological polar surface area (TPSA) is 61.4 Å². The molecule has 0 fully saturated rings. The molecule has 2 aromatic rings. The largest absolute Gasteiger partial charge is 0.378 e. The summed E-state index contributed by atoms with van der Waals surface area (Å²) in [4.78, 5) is 26.0. The van der Waals surface area contributed by atoms with E-state index in [1.165, 1.54) is 5.56 Å². The molecule has 5 nitrogen and oxygen atoms in total. The Morgan fingerprint density at radius 1 is 0.962 bits per heavy atom. The Bertz CT molecular complexity index is 767. The normalized spacial score (nSPS) is 10.3. The number of anilines is 2. The molecule has 0 unspecified atom stereocenters. The smallest absolute Gasteiger partial charge is 0.313 e. The fourth-order valence-corrected chi connectivity index (χ4v) is 2.59. The number of hydrogen-bond donors (Lipinski definition) is 2. The van der Waals surface area contributed by atoms with E-state index >= 15 is 0 Å². The summed E-state index contributed by atoms with van der Waals surface area (Å²) in [5, 5.41) is 5.35. The standard InChI is InChI=1S/C21H27N3O2/c1-15-7-8-16(2)19(14-15)23-21(26)20(25)22-13-5-6-17-9-11-18(12-10-17)24(3)4/h7-12,14H,5-6,13H2,1-4H3,(H,22,25)(H,23,26). The average molecular weight is 353 g/mol. The van der Waals surface area contributed by atoms with Gasteiger partial charge in [-0.25, -0.2) is 0 Å². The molecular formula is C21H27N3O2. The van der Waals surface area contributed by atoms with Gasteiger partial charge < -0.3 is 15.5 Å². The summed E-state index contributed by atoms with van der Waals surface area (Å²) in [7, 11) is 4.02. The molecule has 5 heteroatoms. The minimum Gasteiger partial charge on any atom is -0.378 e. The zero-order chi connectivity index (χ0) is 19.1. The Labute approximate surface area is 155 Å². The number of nitrogens with zero attached hydrogens (tertiary/aromatic N) is 1. The van der Waals surface area contributed by atoms with Crippen molar-refractivity contribution in [2.24, 2.45) is 0 Å². The number of benzene rings is 2. The zero-order valence-corrected chi connectivity index (χ0v) is 15.9. The summed E-state index contributed by atoms with van der Waals surface area (Å²) >= 11 is 0. The number of aryl methyl sites for hydroxylation is 3. The minimum absolute atomic E-state index is 0.467. The van der Waals surface area contributed by atoms with E-state index in [4.69, 9.17) is 0 Å². The van der Waals surface area contributed by atoms with Crippen molar-refractivity contribution < 1.29 is 9.59 Å². The van der Waals surface area contributed by atoms with Crippen molar-refractivity contribution in [3.8, 4) is 0 Å². The third-order valence-corrected chi connectivity index (χ3v) is 4.23. The fraction of sp³-hybridized carbons (Fsp3) is 0.333. The first-order valence-corrected chi connectivity index (χ1v) is 8.79. The van der Waals surface area contributed by atoms with Gasteiger partial charge in [0.25, 0.3) is 0 Å². The molecular weight excluding hydrogens is 326 g/mol. The zero-order valence-electron chi connectivity index (χ0n) is 15.9. The Morgan fingerprint density at radius 3 is 2.31 bits per heavy atom. The highest BCUT2D eigenvalue weighted by atomic mass is 16.2. The number of amides is 2. The molecule has 0 bridgehead atoms. The van der Waals surface area contributed by atoms with E-state index in [9.17, 15) is 9.59 Å². The van der Waals surface area contributed by atoms with Crippen LogP contribution < -0.4 is 15.5 Å². The van der Waals surface area contributed by atoms with Crippen molar-refractivity contribution in [1.29, 1.82) is 0 Å². The highest BCUT2D eigenvalue weighted by Crippen LogP contribution is 2.16. The summed E-state index contributed by atoms with van der Waals surface area (Å²) < 4.78 is 0. The van der Waals surface area contributed by atoms with Crippen LogP contribution in [0.3, 0.4) is 0 Å². The Hall–Kier alpha value is -2.82. The number of hydrogen-bond acceptors (Lipinski definition) is 3. The van der Waals surface area contributed by atoms with E-state index in [-0.39, 0.29) is 0 Å². The predicted octanol–water partition coefficient (Wildman–Crippen LogP) is 3.06. The number of carbonyl (C=O) groups is 2. The van der Waals surface area contributed by atoms with E-state index in [1.807, 2.05) is 46.1 Å². The molecule has 138 valence electrons. The molecule has 0 radical (unpaired) electrons. The summed E-state index contributed by atoms with van der Waals surface area (Å²) in [5.74, 6) is -1.23. The van der Waals surface area contributed by atoms with E-state index < -0.39 is 11.8 Å². The summed E-state index contributed by atoms with van der Waals surface area (Å²) in [6.45, 7) is 4.31. The molecule has 2 rings (SSSR count). The van der Waals surface area contributed by atoms with Crippen LogP contribution >= 0.6 is 0 Å². The van der Waals surface area contributed by atoms with Crippen LogP contribution in [0.25, 0.3) is 0 Å². The molecule has 0 atom stereocenters. The highest BCUT2D eigenvalue weighted by molar-refractivity contribution is 6.39. The second-order valence-electron chi connectivity index (χ2n) is 6.69. The van der Waals surface area contributed by atoms with Gasteiger partial charge in [-0.15, -0.1) is 0 Å². The maximum absolute atomic E-state index is 12.0. The van der Waals surface area contributed by atoms with E-state index in [0.29, 0.717) is 12.2 Å². The predicted molar refractivity (Wildman–Crippen MR) is 107 cm³/mol. The molecule has 0 aliphatic heterocycles. The Balaban J connectivity index is 1.75. The van der Waals surface area contributed by atoms with Crippen LogP contribution in [0, 0.1) is 13.8 Å². The molecule has 26 heavy (non-hydrogen) atoms. The summed E-state index contributed by atoms with van der Waals surface area (Å²) in [5.41, 5.74) is 5.01. The third-order valence-electron chi connectivity index (χ3n) is 4.23. The SMILES string of the molecule is Cc1ccc(C)c(NC(=O)C(=O)NCCCc2ccc(N(C)C)cc2)c1. The first kappa shape index (κ1) is 19.5. The van der Waals surface area contributed by atoms with E-state index in [2.05, 4.69) is 39.8 Å². The number of nitrogens with one attached hydrogen (secondary N) is 2. The first-order chi connectivity index (χ1) is 12.4. The lowest BCUT2D eigenvalue weighted by atomic mass is 10.1.